The van der Waals surface area contributed by atoms with E-state index >= 15 is 0 Å². The summed E-state index contributed by atoms with van der Waals surface area (Å²) in [6.07, 6.45) is -1.02. The zero-order valence-electron chi connectivity index (χ0n) is 11.8. The van der Waals surface area contributed by atoms with Gasteiger partial charge in [0.15, 0.2) is 5.13 Å². The van der Waals surface area contributed by atoms with Crippen LogP contribution in [0.3, 0.4) is 0 Å². The average Bonchev–Trinajstić information content (AvgIpc) is 3.19. The molecule has 0 spiro atoms. The molecule has 0 radical (unpaired) electrons. The number of aromatic nitrogens is 2. The molecule has 0 N–H and O–H groups in total. The minimum absolute atomic E-state index is 0.0394. The zero-order valence-corrected chi connectivity index (χ0v) is 12.6. The van der Waals surface area contributed by atoms with Crippen molar-refractivity contribution in [2.75, 3.05) is 11.9 Å². The molecule has 0 aliphatic heterocycles. The Morgan fingerprint density at radius 2 is 2.18 bits per heavy atom. The molecule has 1 fully saturated rings. The van der Waals surface area contributed by atoms with Gasteiger partial charge in [0.2, 0.25) is 0 Å². The minimum Gasteiger partial charge on any atom is -0.348 e. The number of anilines is 1. The van der Waals surface area contributed by atoms with Crippen LogP contribution in [0.15, 0.2) is 28.5 Å². The van der Waals surface area contributed by atoms with Crippen LogP contribution in [-0.2, 0) is 12.7 Å². The van der Waals surface area contributed by atoms with Crippen LogP contribution in [0, 0.1) is 0 Å². The molecule has 1 saturated carbocycles. The Balaban J connectivity index is 1.83. The summed E-state index contributed by atoms with van der Waals surface area (Å²) in [6, 6.07) is 2.54. The highest BCUT2D eigenvalue weighted by molar-refractivity contribution is 7.13. The molecule has 0 unspecified atom stereocenters. The van der Waals surface area contributed by atoms with Crippen LogP contribution in [-0.4, -0.2) is 22.6 Å². The maximum absolute atomic E-state index is 12.7. The van der Waals surface area contributed by atoms with Crippen LogP contribution >= 0.6 is 11.3 Å². The van der Waals surface area contributed by atoms with Crippen molar-refractivity contribution in [2.24, 2.45) is 0 Å². The lowest BCUT2D eigenvalue weighted by molar-refractivity contribution is -0.138. The van der Waals surface area contributed by atoms with Gasteiger partial charge in [-0.1, -0.05) is 0 Å². The summed E-state index contributed by atoms with van der Waals surface area (Å²) in [5, 5.41) is 2.61. The second kappa shape index (κ2) is 5.42. The van der Waals surface area contributed by atoms with Crippen molar-refractivity contribution in [1.82, 2.24) is 9.55 Å². The van der Waals surface area contributed by atoms with Gasteiger partial charge < -0.3 is 9.47 Å². The molecular formula is C14H14F3N3OS. The van der Waals surface area contributed by atoms with Crippen molar-refractivity contribution in [2.45, 2.75) is 31.6 Å². The number of pyridine rings is 1. The van der Waals surface area contributed by atoms with Crippen LogP contribution in [0.2, 0.25) is 0 Å². The van der Waals surface area contributed by atoms with Gasteiger partial charge in [0.25, 0.3) is 5.56 Å². The fourth-order valence-corrected chi connectivity index (χ4v) is 3.05. The topological polar surface area (TPSA) is 38.1 Å². The Morgan fingerprint density at radius 1 is 1.45 bits per heavy atom. The number of thiazole rings is 1. The molecule has 0 atom stereocenters. The van der Waals surface area contributed by atoms with E-state index in [4.69, 9.17) is 0 Å². The summed E-state index contributed by atoms with van der Waals surface area (Å²) in [7, 11) is 1.96. The van der Waals surface area contributed by atoms with E-state index in [2.05, 4.69) is 9.88 Å². The van der Waals surface area contributed by atoms with Crippen LogP contribution < -0.4 is 10.5 Å². The zero-order chi connectivity index (χ0) is 15.9. The molecule has 0 amide bonds. The number of alkyl halides is 3. The minimum atomic E-state index is -4.64. The smallest absolute Gasteiger partial charge is 0.348 e. The second-order valence-electron chi connectivity index (χ2n) is 5.32. The van der Waals surface area contributed by atoms with Crippen molar-refractivity contribution >= 4 is 16.5 Å². The number of hydrogen-bond donors (Lipinski definition) is 0. The third-order valence-electron chi connectivity index (χ3n) is 3.59. The highest BCUT2D eigenvalue weighted by atomic mass is 32.1. The van der Waals surface area contributed by atoms with Gasteiger partial charge in [-0.3, -0.25) is 4.79 Å². The van der Waals surface area contributed by atoms with Gasteiger partial charge in [-0.15, -0.1) is 11.3 Å². The van der Waals surface area contributed by atoms with Gasteiger partial charge in [0.1, 0.15) is 5.56 Å². The standard InChI is InChI=1S/C14H14F3N3OS/c1-19(10-4-5-10)13-18-9(8-22-13)7-20-6-2-3-11(12(20)21)14(15,16)17/h2-3,6,8,10H,4-5,7H2,1H3. The average molecular weight is 329 g/mol. The van der Waals surface area contributed by atoms with E-state index in [1.54, 1.807) is 5.38 Å². The van der Waals surface area contributed by atoms with Crippen molar-refractivity contribution in [3.63, 3.8) is 0 Å². The first-order chi connectivity index (χ1) is 10.4. The van der Waals surface area contributed by atoms with Gasteiger partial charge in [-0.2, -0.15) is 13.2 Å². The molecule has 118 valence electrons. The molecule has 1 aliphatic rings. The molecular weight excluding hydrogens is 315 g/mol. The van der Waals surface area contributed by atoms with Crippen molar-refractivity contribution in [1.29, 1.82) is 0 Å². The lowest BCUT2D eigenvalue weighted by Gasteiger charge is -2.13. The first kappa shape index (κ1) is 15.1. The van der Waals surface area contributed by atoms with E-state index in [-0.39, 0.29) is 6.54 Å². The molecule has 3 rings (SSSR count). The van der Waals surface area contributed by atoms with Crippen molar-refractivity contribution < 1.29 is 13.2 Å². The lowest BCUT2D eigenvalue weighted by Crippen LogP contribution is -2.28. The fraction of sp³-hybridized carbons (Fsp3) is 0.429. The van der Waals surface area contributed by atoms with E-state index in [1.165, 1.54) is 23.6 Å². The van der Waals surface area contributed by atoms with Crippen LogP contribution in [0.4, 0.5) is 18.3 Å². The van der Waals surface area contributed by atoms with Crippen molar-refractivity contribution in [3.05, 3.63) is 45.3 Å². The first-order valence-corrected chi connectivity index (χ1v) is 7.68. The van der Waals surface area contributed by atoms with Gasteiger partial charge in [0, 0.05) is 24.7 Å². The lowest BCUT2D eigenvalue weighted by atomic mass is 10.2. The Labute approximate surface area is 128 Å². The van der Waals surface area contributed by atoms with E-state index in [0.29, 0.717) is 11.7 Å². The third-order valence-corrected chi connectivity index (χ3v) is 4.57. The number of hydrogen-bond acceptors (Lipinski definition) is 4. The number of rotatable bonds is 4. The summed E-state index contributed by atoms with van der Waals surface area (Å²) in [5.41, 5.74) is -1.60. The highest BCUT2D eigenvalue weighted by Gasteiger charge is 2.34. The fourth-order valence-electron chi connectivity index (χ4n) is 2.20. The Kier molecular flexibility index (Phi) is 3.72. The SMILES string of the molecule is CN(c1nc(Cn2cccc(C(F)(F)F)c2=O)cs1)C1CC1. The van der Waals surface area contributed by atoms with Crippen LogP contribution in [0.25, 0.3) is 0 Å². The summed E-state index contributed by atoms with van der Waals surface area (Å²) < 4.78 is 39.3. The predicted octanol–water partition coefficient (Wildman–Crippen LogP) is 2.97. The summed E-state index contributed by atoms with van der Waals surface area (Å²) in [6.45, 7) is 0.0394. The summed E-state index contributed by atoms with van der Waals surface area (Å²) in [5.74, 6) is 0. The Hall–Kier alpha value is -1.83. The molecule has 8 heteroatoms. The molecule has 2 heterocycles. The Bertz CT molecular complexity index is 733. The molecule has 2 aromatic rings. The summed E-state index contributed by atoms with van der Waals surface area (Å²) >= 11 is 1.44. The number of halogens is 3. The number of nitrogens with zero attached hydrogens (tertiary/aromatic N) is 3. The maximum atomic E-state index is 12.7. The van der Waals surface area contributed by atoms with Crippen LogP contribution in [0.1, 0.15) is 24.1 Å². The predicted molar refractivity (Wildman–Crippen MR) is 78.3 cm³/mol. The van der Waals surface area contributed by atoms with Gasteiger partial charge in [-0.05, 0) is 25.0 Å². The molecule has 1 aliphatic carbocycles. The van der Waals surface area contributed by atoms with Gasteiger partial charge in [0.05, 0.1) is 12.2 Å². The molecule has 4 nitrogen and oxygen atoms in total. The van der Waals surface area contributed by atoms with Crippen LogP contribution in [0.5, 0.6) is 0 Å². The molecule has 2 aromatic heterocycles. The monoisotopic (exact) mass is 329 g/mol. The first-order valence-electron chi connectivity index (χ1n) is 6.80. The molecule has 0 bridgehead atoms. The second-order valence-corrected chi connectivity index (χ2v) is 6.15. The molecule has 0 aromatic carbocycles. The van der Waals surface area contributed by atoms with Gasteiger partial charge in [-0.25, -0.2) is 4.98 Å². The van der Waals surface area contributed by atoms with E-state index < -0.39 is 17.3 Å². The quantitative estimate of drug-likeness (QED) is 0.865. The maximum Gasteiger partial charge on any atom is 0.421 e. The normalized spacial score (nSPS) is 15.1. The molecule has 22 heavy (non-hydrogen) atoms. The van der Waals surface area contributed by atoms with E-state index in [9.17, 15) is 18.0 Å². The van der Waals surface area contributed by atoms with E-state index in [0.717, 1.165) is 28.6 Å². The summed E-state index contributed by atoms with van der Waals surface area (Å²) in [4.78, 5) is 18.4. The largest absolute Gasteiger partial charge is 0.421 e. The third kappa shape index (κ3) is 3.01. The van der Waals surface area contributed by atoms with Crippen molar-refractivity contribution in [3.8, 4) is 0 Å². The molecule has 0 saturated heterocycles. The highest BCUT2D eigenvalue weighted by Crippen LogP contribution is 2.32. The Morgan fingerprint density at radius 3 is 2.82 bits per heavy atom. The van der Waals surface area contributed by atoms with Gasteiger partial charge >= 0.3 is 6.18 Å². The van der Waals surface area contributed by atoms with E-state index in [1.807, 2.05) is 7.05 Å².